The summed E-state index contributed by atoms with van der Waals surface area (Å²) in [6.45, 7) is 0. The maximum absolute atomic E-state index is 6.17. The lowest BCUT2D eigenvalue weighted by Gasteiger charge is -2.27. The molecule has 0 spiro atoms. The molecule has 0 atom stereocenters. The highest BCUT2D eigenvalue weighted by Gasteiger charge is 2.17. The van der Waals surface area contributed by atoms with E-state index in [1.54, 1.807) is 0 Å². The van der Waals surface area contributed by atoms with Crippen LogP contribution in [0.4, 0.5) is 17.1 Å². The van der Waals surface area contributed by atoms with Gasteiger partial charge in [-0.05, 0) is 117 Å². The van der Waals surface area contributed by atoms with Crippen molar-refractivity contribution in [3.8, 4) is 44.5 Å². The molecule has 0 bridgehead atoms. The predicted octanol–water partition coefficient (Wildman–Crippen LogP) is 15.6. The molecule has 11 aromatic rings. The third-order valence-electron chi connectivity index (χ3n) is 11.1. The summed E-state index contributed by atoms with van der Waals surface area (Å²) in [4.78, 5) is 2.37. The van der Waals surface area contributed by atoms with E-state index >= 15 is 0 Å². The summed E-state index contributed by atoms with van der Waals surface area (Å²) < 4.78 is 12.3. The van der Waals surface area contributed by atoms with Crippen molar-refractivity contribution in [2.75, 3.05) is 4.90 Å². The molecular weight excluding hydrogens is 695 g/mol. The first kappa shape index (κ1) is 32.8. The standard InChI is InChI=1S/C54H35NO2/c1-2-11-36(12-3-1)37-23-25-38(26-24-37)39-13-8-16-44(31-39)55(45-17-9-14-40(32-45)42-27-29-53-49(34-42)47-19-4-6-21-51(47)56-53)46-18-10-15-41(33-46)43-28-30-54-50(35-43)48-20-5-7-22-52(48)57-54/h1-35H. The molecule has 0 aliphatic carbocycles. The van der Waals surface area contributed by atoms with Crippen molar-refractivity contribution in [3.05, 3.63) is 212 Å². The Morgan fingerprint density at radius 1 is 0.228 bits per heavy atom. The van der Waals surface area contributed by atoms with E-state index in [2.05, 4.69) is 193 Å². The van der Waals surface area contributed by atoms with Crippen LogP contribution in [-0.4, -0.2) is 0 Å². The molecule has 0 radical (unpaired) electrons. The fraction of sp³-hybridized carbons (Fsp3) is 0. The first-order valence-electron chi connectivity index (χ1n) is 19.3. The number of nitrogens with zero attached hydrogens (tertiary/aromatic N) is 1. The van der Waals surface area contributed by atoms with E-state index in [-0.39, 0.29) is 0 Å². The molecule has 0 aliphatic heterocycles. The Balaban J connectivity index is 1.03. The molecule has 0 saturated carbocycles. The Morgan fingerprint density at radius 3 is 1.05 bits per heavy atom. The lowest BCUT2D eigenvalue weighted by atomic mass is 9.99. The van der Waals surface area contributed by atoms with Crippen LogP contribution in [0, 0.1) is 0 Å². The zero-order valence-corrected chi connectivity index (χ0v) is 31.0. The predicted molar refractivity (Wildman–Crippen MR) is 237 cm³/mol. The van der Waals surface area contributed by atoms with Crippen molar-refractivity contribution >= 4 is 60.9 Å². The van der Waals surface area contributed by atoms with Gasteiger partial charge in [0.15, 0.2) is 0 Å². The number of hydrogen-bond donors (Lipinski definition) is 0. The van der Waals surface area contributed by atoms with Gasteiger partial charge in [-0.2, -0.15) is 0 Å². The second-order valence-corrected chi connectivity index (χ2v) is 14.5. The minimum Gasteiger partial charge on any atom is -0.456 e. The van der Waals surface area contributed by atoms with Crippen LogP contribution in [-0.2, 0) is 0 Å². The molecular formula is C54H35NO2. The van der Waals surface area contributed by atoms with Crippen LogP contribution in [0.15, 0.2) is 221 Å². The summed E-state index contributed by atoms with van der Waals surface area (Å²) in [5, 5.41) is 4.48. The Bertz CT molecular complexity index is 3090. The zero-order valence-electron chi connectivity index (χ0n) is 31.0. The quantitative estimate of drug-likeness (QED) is 0.164. The summed E-state index contributed by atoms with van der Waals surface area (Å²) in [7, 11) is 0. The van der Waals surface area contributed by atoms with Crippen molar-refractivity contribution in [1.29, 1.82) is 0 Å². The molecule has 57 heavy (non-hydrogen) atoms. The Labute approximate surface area is 330 Å². The third kappa shape index (κ3) is 5.94. The lowest BCUT2D eigenvalue weighted by Crippen LogP contribution is -2.10. The van der Waals surface area contributed by atoms with Gasteiger partial charge in [0, 0.05) is 38.6 Å². The second kappa shape index (κ2) is 13.6. The Kier molecular flexibility index (Phi) is 7.82. The highest BCUT2D eigenvalue weighted by Crippen LogP contribution is 2.41. The van der Waals surface area contributed by atoms with Crippen molar-refractivity contribution in [1.82, 2.24) is 0 Å². The second-order valence-electron chi connectivity index (χ2n) is 14.5. The van der Waals surface area contributed by atoms with E-state index in [0.717, 1.165) is 88.8 Å². The summed E-state index contributed by atoms with van der Waals surface area (Å²) in [5.74, 6) is 0. The van der Waals surface area contributed by atoms with Gasteiger partial charge in [0.2, 0.25) is 0 Å². The Hall–Kier alpha value is -7.62. The zero-order chi connectivity index (χ0) is 37.7. The summed E-state index contributed by atoms with van der Waals surface area (Å²) in [5.41, 5.74) is 16.1. The first-order chi connectivity index (χ1) is 28.2. The highest BCUT2D eigenvalue weighted by atomic mass is 16.3. The molecule has 2 aromatic heterocycles. The molecule has 3 heteroatoms. The molecule has 0 fully saturated rings. The van der Waals surface area contributed by atoms with Crippen LogP contribution in [0.3, 0.4) is 0 Å². The first-order valence-corrected chi connectivity index (χ1v) is 19.3. The van der Waals surface area contributed by atoms with Gasteiger partial charge in [-0.1, -0.05) is 140 Å². The smallest absolute Gasteiger partial charge is 0.135 e. The van der Waals surface area contributed by atoms with E-state index in [4.69, 9.17) is 8.83 Å². The monoisotopic (exact) mass is 729 g/mol. The average Bonchev–Trinajstić information content (AvgIpc) is 3.85. The average molecular weight is 730 g/mol. The Morgan fingerprint density at radius 2 is 0.561 bits per heavy atom. The van der Waals surface area contributed by atoms with Crippen molar-refractivity contribution in [3.63, 3.8) is 0 Å². The van der Waals surface area contributed by atoms with Crippen LogP contribution in [0.2, 0.25) is 0 Å². The van der Waals surface area contributed by atoms with Gasteiger partial charge in [-0.25, -0.2) is 0 Å². The number of hydrogen-bond acceptors (Lipinski definition) is 3. The SMILES string of the molecule is c1ccc(-c2ccc(-c3cccc(N(c4cccc(-c5ccc6oc7ccccc7c6c5)c4)c4cccc(-c5ccc6oc7ccccc7c6c5)c4)c3)cc2)cc1. The van der Waals surface area contributed by atoms with E-state index in [9.17, 15) is 0 Å². The molecule has 2 heterocycles. The third-order valence-corrected chi connectivity index (χ3v) is 11.1. The number of anilines is 3. The molecule has 3 nitrogen and oxygen atoms in total. The van der Waals surface area contributed by atoms with E-state index < -0.39 is 0 Å². The van der Waals surface area contributed by atoms with Crippen molar-refractivity contribution in [2.45, 2.75) is 0 Å². The topological polar surface area (TPSA) is 29.5 Å². The van der Waals surface area contributed by atoms with Crippen LogP contribution < -0.4 is 4.90 Å². The molecule has 268 valence electrons. The number of benzene rings is 9. The number of furan rings is 2. The number of fused-ring (bicyclic) bond motifs is 6. The van der Waals surface area contributed by atoms with Crippen LogP contribution in [0.25, 0.3) is 88.4 Å². The van der Waals surface area contributed by atoms with E-state index in [0.29, 0.717) is 0 Å². The fourth-order valence-corrected chi connectivity index (χ4v) is 8.22. The summed E-state index contributed by atoms with van der Waals surface area (Å²) in [6.07, 6.45) is 0. The van der Waals surface area contributed by atoms with Gasteiger partial charge in [-0.15, -0.1) is 0 Å². The van der Waals surface area contributed by atoms with Gasteiger partial charge < -0.3 is 13.7 Å². The molecule has 0 saturated heterocycles. The molecule has 0 aliphatic rings. The normalized spacial score (nSPS) is 11.5. The fourth-order valence-electron chi connectivity index (χ4n) is 8.22. The molecule has 0 N–H and O–H groups in total. The maximum Gasteiger partial charge on any atom is 0.135 e. The maximum atomic E-state index is 6.17. The number of rotatable bonds is 7. The van der Waals surface area contributed by atoms with Crippen LogP contribution >= 0.6 is 0 Å². The van der Waals surface area contributed by atoms with Gasteiger partial charge in [0.05, 0.1) is 0 Å². The van der Waals surface area contributed by atoms with E-state index in [1.165, 1.54) is 16.7 Å². The van der Waals surface area contributed by atoms with Crippen LogP contribution in [0.1, 0.15) is 0 Å². The summed E-state index contributed by atoms with van der Waals surface area (Å²) >= 11 is 0. The molecule has 0 amide bonds. The van der Waals surface area contributed by atoms with Crippen molar-refractivity contribution < 1.29 is 8.83 Å². The van der Waals surface area contributed by atoms with Gasteiger partial charge >= 0.3 is 0 Å². The minimum atomic E-state index is 0.893. The van der Waals surface area contributed by atoms with Gasteiger partial charge in [0.25, 0.3) is 0 Å². The van der Waals surface area contributed by atoms with Crippen LogP contribution in [0.5, 0.6) is 0 Å². The van der Waals surface area contributed by atoms with Gasteiger partial charge in [0.1, 0.15) is 22.3 Å². The molecule has 11 rings (SSSR count). The van der Waals surface area contributed by atoms with Crippen molar-refractivity contribution in [2.24, 2.45) is 0 Å². The molecule has 9 aromatic carbocycles. The highest BCUT2D eigenvalue weighted by molar-refractivity contribution is 6.07. The van der Waals surface area contributed by atoms with Gasteiger partial charge in [-0.3, -0.25) is 0 Å². The lowest BCUT2D eigenvalue weighted by molar-refractivity contribution is 0.668. The largest absolute Gasteiger partial charge is 0.456 e. The minimum absolute atomic E-state index is 0.893. The summed E-state index contributed by atoms with van der Waals surface area (Å²) in [6, 6.07) is 75.4. The number of para-hydroxylation sites is 2. The molecule has 0 unspecified atom stereocenters. The van der Waals surface area contributed by atoms with E-state index in [1.807, 2.05) is 24.3 Å².